The molecular weight excluding hydrogens is 461 g/mol. The molecule has 0 spiro atoms. The summed E-state index contributed by atoms with van der Waals surface area (Å²) in [6.45, 7) is 1.17. The van der Waals surface area contributed by atoms with Crippen molar-refractivity contribution in [1.82, 2.24) is 9.47 Å². The Balaban J connectivity index is 1.93. The van der Waals surface area contributed by atoms with Gasteiger partial charge in [-0.15, -0.1) is 0 Å². The fourth-order valence-electron chi connectivity index (χ4n) is 4.59. The van der Waals surface area contributed by atoms with Crippen LogP contribution in [0, 0.1) is 17.1 Å². The van der Waals surface area contributed by atoms with Crippen LogP contribution in [0.25, 0.3) is 22.4 Å². The van der Waals surface area contributed by atoms with Gasteiger partial charge < -0.3 is 25.7 Å². The number of rotatable bonds is 7. The lowest BCUT2D eigenvalue weighted by molar-refractivity contribution is -0.118. The highest BCUT2D eigenvalue weighted by atomic mass is 19.1. The topological polar surface area (TPSA) is 127 Å². The van der Waals surface area contributed by atoms with Crippen molar-refractivity contribution in [2.75, 3.05) is 20.2 Å². The first-order chi connectivity index (χ1) is 17.3. The second kappa shape index (κ2) is 10.6. The molecule has 0 radical (unpaired) electrons. The van der Waals surface area contributed by atoms with E-state index in [1.807, 2.05) is 18.2 Å². The summed E-state index contributed by atoms with van der Waals surface area (Å²) in [6.07, 6.45) is 1.66. The van der Waals surface area contributed by atoms with Crippen LogP contribution in [0.4, 0.5) is 4.39 Å². The van der Waals surface area contributed by atoms with Gasteiger partial charge in [-0.2, -0.15) is 5.26 Å². The molecule has 186 valence electrons. The van der Waals surface area contributed by atoms with Crippen LogP contribution < -0.4 is 16.2 Å². The first-order valence-corrected chi connectivity index (χ1v) is 11.7. The molecular formula is C27H28FN5O3. The third kappa shape index (κ3) is 5.09. The van der Waals surface area contributed by atoms with E-state index < -0.39 is 11.7 Å². The number of primary amides is 1. The number of nitrogens with zero attached hydrogens (tertiary/aromatic N) is 3. The van der Waals surface area contributed by atoms with Crippen molar-refractivity contribution < 1.29 is 18.7 Å². The molecule has 36 heavy (non-hydrogen) atoms. The van der Waals surface area contributed by atoms with Crippen LogP contribution in [-0.2, 0) is 11.3 Å². The van der Waals surface area contributed by atoms with Gasteiger partial charge in [-0.05, 0) is 66.4 Å². The Kier molecular flexibility index (Phi) is 7.36. The molecule has 3 aromatic rings. The summed E-state index contributed by atoms with van der Waals surface area (Å²) < 4.78 is 21.7. The zero-order valence-electron chi connectivity index (χ0n) is 20.0. The van der Waals surface area contributed by atoms with Gasteiger partial charge in [-0.3, -0.25) is 9.59 Å². The van der Waals surface area contributed by atoms with E-state index in [0.29, 0.717) is 41.4 Å². The van der Waals surface area contributed by atoms with Crippen LogP contribution in [-0.4, -0.2) is 47.5 Å². The highest BCUT2D eigenvalue weighted by Crippen LogP contribution is 2.37. The number of methoxy groups -OCH3 is 1. The molecule has 1 atom stereocenters. The van der Waals surface area contributed by atoms with Gasteiger partial charge in [-0.1, -0.05) is 6.07 Å². The number of carbonyl (C=O) groups is 2. The average molecular weight is 490 g/mol. The number of hydrogen-bond acceptors (Lipinski definition) is 5. The van der Waals surface area contributed by atoms with Gasteiger partial charge >= 0.3 is 0 Å². The van der Waals surface area contributed by atoms with Gasteiger partial charge in [0, 0.05) is 37.7 Å². The fourth-order valence-corrected chi connectivity index (χ4v) is 4.59. The zero-order valence-corrected chi connectivity index (χ0v) is 20.0. The Labute approximate surface area is 208 Å². The lowest BCUT2D eigenvalue weighted by Crippen LogP contribution is -2.46. The van der Waals surface area contributed by atoms with Crippen LogP contribution in [0.5, 0.6) is 5.75 Å². The Hall–Kier alpha value is -4.16. The maximum absolute atomic E-state index is 14.6. The minimum Gasteiger partial charge on any atom is -0.497 e. The van der Waals surface area contributed by atoms with Crippen LogP contribution >= 0.6 is 0 Å². The number of hydrogen-bond donors (Lipinski definition) is 2. The highest BCUT2D eigenvalue weighted by molar-refractivity contribution is 5.98. The summed E-state index contributed by atoms with van der Waals surface area (Å²) in [5, 5.41) is 9.16. The number of carbonyl (C=O) groups excluding carboxylic acids is 2. The van der Waals surface area contributed by atoms with E-state index in [2.05, 4.69) is 0 Å². The van der Waals surface area contributed by atoms with E-state index in [9.17, 15) is 14.0 Å². The third-order valence-corrected chi connectivity index (χ3v) is 6.41. The van der Waals surface area contributed by atoms with Crippen LogP contribution in [0.3, 0.4) is 0 Å². The van der Waals surface area contributed by atoms with Crippen molar-refractivity contribution >= 4 is 11.8 Å². The molecule has 1 aliphatic rings. The van der Waals surface area contributed by atoms with Crippen LogP contribution in [0.2, 0.25) is 0 Å². The Morgan fingerprint density at radius 1 is 1.17 bits per heavy atom. The first kappa shape index (κ1) is 24.9. The number of nitrogens with two attached hydrogens (primary N) is 2. The van der Waals surface area contributed by atoms with Crippen molar-refractivity contribution in [3.63, 3.8) is 0 Å². The summed E-state index contributed by atoms with van der Waals surface area (Å²) in [4.78, 5) is 27.1. The van der Waals surface area contributed by atoms with E-state index in [0.717, 1.165) is 18.4 Å². The van der Waals surface area contributed by atoms with Crippen molar-refractivity contribution in [3.05, 3.63) is 65.6 Å². The molecule has 2 aromatic carbocycles. The predicted molar refractivity (Wildman–Crippen MR) is 133 cm³/mol. The van der Waals surface area contributed by atoms with E-state index in [1.54, 1.807) is 40.8 Å². The quantitative estimate of drug-likeness (QED) is 0.527. The monoisotopic (exact) mass is 489 g/mol. The highest BCUT2D eigenvalue weighted by Gasteiger charge is 2.28. The molecule has 1 saturated heterocycles. The minimum absolute atomic E-state index is 0.0127. The number of piperidine rings is 1. The van der Waals surface area contributed by atoms with Crippen LogP contribution in [0.15, 0.2) is 48.5 Å². The summed E-state index contributed by atoms with van der Waals surface area (Å²) >= 11 is 0. The lowest BCUT2D eigenvalue weighted by Gasteiger charge is -2.31. The van der Waals surface area contributed by atoms with E-state index in [-0.39, 0.29) is 30.5 Å². The van der Waals surface area contributed by atoms with Crippen molar-refractivity contribution in [1.29, 1.82) is 5.26 Å². The molecule has 1 aromatic heterocycles. The molecule has 2 heterocycles. The summed E-state index contributed by atoms with van der Waals surface area (Å²) in [6, 6.07) is 15.0. The van der Waals surface area contributed by atoms with Gasteiger partial charge in [0.05, 0.1) is 18.4 Å². The second-order valence-electron chi connectivity index (χ2n) is 8.85. The Morgan fingerprint density at radius 3 is 2.50 bits per heavy atom. The predicted octanol–water partition coefficient (Wildman–Crippen LogP) is 3.28. The number of ether oxygens (including phenoxy) is 1. The minimum atomic E-state index is -0.657. The molecule has 8 nitrogen and oxygen atoms in total. The molecule has 1 aliphatic heterocycles. The van der Waals surface area contributed by atoms with E-state index >= 15 is 0 Å². The van der Waals surface area contributed by atoms with E-state index in [4.69, 9.17) is 21.5 Å². The van der Waals surface area contributed by atoms with Crippen molar-refractivity contribution in [3.8, 4) is 34.2 Å². The van der Waals surface area contributed by atoms with Gasteiger partial charge in [0.2, 0.25) is 5.91 Å². The van der Waals surface area contributed by atoms with Crippen LogP contribution in [0.1, 0.15) is 35.3 Å². The number of nitriles is 1. The van der Waals surface area contributed by atoms with Gasteiger partial charge in [0.25, 0.3) is 5.91 Å². The molecule has 0 saturated carbocycles. The second-order valence-corrected chi connectivity index (χ2v) is 8.85. The average Bonchev–Trinajstić information content (AvgIpc) is 3.26. The molecule has 0 aliphatic carbocycles. The fraction of sp³-hybridized carbons (Fsp3) is 0.296. The maximum atomic E-state index is 14.6. The zero-order chi connectivity index (χ0) is 25.8. The van der Waals surface area contributed by atoms with Gasteiger partial charge in [0.15, 0.2) is 0 Å². The molecule has 2 amide bonds. The third-order valence-electron chi connectivity index (χ3n) is 6.41. The molecule has 9 heteroatoms. The van der Waals surface area contributed by atoms with E-state index in [1.165, 1.54) is 12.1 Å². The molecule has 1 fully saturated rings. The number of halogens is 1. The first-order valence-electron chi connectivity index (χ1n) is 11.7. The number of benzene rings is 2. The standard InChI is InChI=1S/C27H28FN5O3/c1-36-21-8-6-17(7-9-21)26-22(18-4-5-19(15-29)23(28)13-18)14-24(33(26)12-10-25(31)34)27(35)32-11-2-3-20(30)16-32/h4-9,13-14,20H,2-3,10-12,16,30H2,1H3,(H2,31,34)/t20-/m1/s1. The van der Waals surface area contributed by atoms with Crippen molar-refractivity contribution in [2.45, 2.75) is 31.8 Å². The lowest BCUT2D eigenvalue weighted by atomic mass is 9.99. The largest absolute Gasteiger partial charge is 0.497 e. The maximum Gasteiger partial charge on any atom is 0.270 e. The Morgan fingerprint density at radius 2 is 1.89 bits per heavy atom. The normalized spacial score (nSPS) is 15.4. The Bertz CT molecular complexity index is 1330. The molecule has 4 rings (SSSR count). The smallest absolute Gasteiger partial charge is 0.270 e. The number of likely N-dealkylation sites (tertiary alicyclic amines) is 1. The molecule has 0 bridgehead atoms. The van der Waals surface area contributed by atoms with Gasteiger partial charge in [-0.25, -0.2) is 4.39 Å². The molecule has 4 N–H and O–H groups in total. The molecule has 0 unspecified atom stereocenters. The summed E-state index contributed by atoms with van der Waals surface area (Å²) in [5.74, 6) is -0.729. The van der Waals surface area contributed by atoms with Gasteiger partial charge in [0.1, 0.15) is 23.3 Å². The number of aromatic nitrogens is 1. The summed E-state index contributed by atoms with van der Waals surface area (Å²) in [5.41, 5.74) is 14.3. The number of amides is 2. The summed E-state index contributed by atoms with van der Waals surface area (Å²) in [7, 11) is 1.57. The van der Waals surface area contributed by atoms with Crippen molar-refractivity contribution in [2.24, 2.45) is 11.5 Å². The SMILES string of the molecule is COc1ccc(-c2c(-c3ccc(C#N)c(F)c3)cc(C(=O)N3CCC[C@@H](N)C3)n2CCC(N)=O)cc1.